The third-order valence-electron chi connectivity index (χ3n) is 2.67. The summed E-state index contributed by atoms with van der Waals surface area (Å²) >= 11 is 7.46. The normalized spacial score (nSPS) is 10.3. The van der Waals surface area contributed by atoms with Crippen LogP contribution >= 0.6 is 23.4 Å². The molecule has 6 heteroatoms. The largest absolute Gasteiger partial charge is 0.493 e. The average Bonchev–Trinajstić information content (AvgIpc) is 2.47. The van der Waals surface area contributed by atoms with Gasteiger partial charge in [-0.3, -0.25) is 0 Å². The molecule has 0 aliphatic heterocycles. The molecule has 0 amide bonds. The highest BCUT2D eigenvalue weighted by atomic mass is 35.5. The molecule has 0 atom stereocenters. The zero-order chi connectivity index (χ0) is 15.2. The second-order valence-electron chi connectivity index (χ2n) is 4.21. The van der Waals surface area contributed by atoms with Gasteiger partial charge in [0.25, 0.3) is 0 Å². The van der Waals surface area contributed by atoms with Gasteiger partial charge in [0.05, 0.1) is 12.2 Å². The number of rotatable bonds is 6. The lowest BCUT2D eigenvalue weighted by Gasteiger charge is -2.08. The first-order valence-corrected chi connectivity index (χ1v) is 7.56. The molecule has 0 aromatic heterocycles. The van der Waals surface area contributed by atoms with Gasteiger partial charge in [0.1, 0.15) is 5.75 Å². The molecule has 2 aromatic carbocycles. The van der Waals surface area contributed by atoms with E-state index in [4.69, 9.17) is 27.2 Å². The quantitative estimate of drug-likeness (QED) is 0.480. The van der Waals surface area contributed by atoms with Crippen LogP contribution in [0.1, 0.15) is 10.4 Å². The van der Waals surface area contributed by atoms with E-state index in [1.165, 1.54) is 12.1 Å². The van der Waals surface area contributed by atoms with Gasteiger partial charge in [-0.25, -0.2) is 4.79 Å². The first-order chi connectivity index (χ1) is 10.1. The van der Waals surface area contributed by atoms with Crippen molar-refractivity contribution in [2.75, 3.05) is 18.1 Å². The highest BCUT2D eigenvalue weighted by molar-refractivity contribution is 7.99. The second-order valence-corrected chi connectivity index (χ2v) is 5.79. The number of carbonyl (C=O) groups is 1. The van der Waals surface area contributed by atoms with E-state index < -0.39 is 5.97 Å². The summed E-state index contributed by atoms with van der Waals surface area (Å²) in [5, 5.41) is 9.54. The Morgan fingerprint density at radius 3 is 2.86 bits per heavy atom. The van der Waals surface area contributed by atoms with Crippen LogP contribution in [0, 0.1) is 0 Å². The van der Waals surface area contributed by atoms with Crippen molar-refractivity contribution in [2.24, 2.45) is 0 Å². The standard InChI is InChI=1S/C15H14ClNO3S/c16-11-4-5-13(17)14(9-11)21-7-6-20-12-3-1-2-10(8-12)15(18)19/h1-5,8-9H,6-7,17H2,(H,18,19). The summed E-state index contributed by atoms with van der Waals surface area (Å²) in [5.74, 6) is 0.248. The number of nitrogens with two attached hydrogens (primary N) is 1. The molecule has 3 N–H and O–H groups in total. The number of hydrogen-bond donors (Lipinski definition) is 2. The van der Waals surface area contributed by atoms with Crippen molar-refractivity contribution in [2.45, 2.75) is 4.90 Å². The Labute approximate surface area is 131 Å². The molecular formula is C15H14ClNO3S. The third-order valence-corrected chi connectivity index (χ3v) is 3.94. The number of carboxylic acids is 1. The van der Waals surface area contributed by atoms with E-state index in [2.05, 4.69) is 0 Å². The van der Waals surface area contributed by atoms with Crippen molar-refractivity contribution in [3.8, 4) is 5.75 Å². The number of benzene rings is 2. The van der Waals surface area contributed by atoms with E-state index in [1.54, 1.807) is 36.0 Å². The van der Waals surface area contributed by atoms with Crippen LogP contribution in [0.25, 0.3) is 0 Å². The first kappa shape index (κ1) is 15.5. The molecule has 0 aliphatic rings. The van der Waals surface area contributed by atoms with Gasteiger partial charge in [0.2, 0.25) is 0 Å². The van der Waals surface area contributed by atoms with Crippen molar-refractivity contribution in [3.05, 3.63) is 53.1 Å². The lowest BCUT2D eigenvalue weighted by Crippen LogP contribution is -2.02. The molecule has 2 rings (SSSR count). The Morgan fingerprint density at radius 1 is 1.29 bits per heavy atom. The van der Waals surface area contributed by atoms with Gasteiger partial charge < -0.3 is 15.6 Å². The van der Waals surface area contributed by atoms with Crippen LogP contribution in [0.2, 0.25) is 5.02 Å². The number of hydrogen-bond acceptors (Lipinski definition) is 4. The topological polar surface area (TPSA) is 72.5 Å². The molecular weight excluding hydrogens is 310 g/mol. The summed E-state index contributed by atoms with van der Waals surface area (Å²) in [6.45, 7) is 0.444. The monoisotopic (exact) mass is 323 g/mol. The number of aromatic carboxylic acids is 1. The summed E-state index contributed by atoms with van der Waals surface area (Å²) < 4.78 is 5.53. The maximum Gasteiger partial charge on any atom is 0.335 e. The maximum atomic E-state index is 10.9. The predicted molar refractivity (Wildman–Crippen MR) is 85.5 cm³/mol. The first-order valence-electron chi connectivity index (χ1n) is 6.20. The van der Waals surface area contributed by atoms with E-state index in [-0.39, 0.29) is 5.56 Å². The van der Waals surface area contributed by atoms with Crippen molar-refractivity contribution >= 4 is 35.0 Å². The minimum absolute atomic E-state index is 0.208. The molecule has 0 unspecified atom stereocenters. The molecule has 21 heavy (non-hydrogen) atoms. The Kier molecular flexibility index (Phi) is 5.36. The van der Waals surface area contributed by atoms with E-state index in [9.17, 15) is 4.79 Å². The van der Waals surface area contributed by atoms with E-state index in [0.717, 1.165) is 4.90 Å². The van der Waals surface area contributed by atoms with E-state index in [1.807, 2.05) is 6.07 Å². The number of anilines is 1. The number of nitrogen functional groups attached to an aromatic ring is 1. The van der Waals surface area contributed by atoms with E-state index in [0.29, 0.717) is 28.8 Å². The number of carboxylic acid groups (broad SMARTS) is 1. The zero-order valence-corrected chi connectivity index (χ0v) is 12.7. The molecule has 0 aliphatic carbocycles. The van der Waals surface area contributed by atoms with Gasteiger partial charge in [-0.1, -0.05) is 17.7 Å². The summed E-state index contributed by atoms with van der Waals surface area (Å²) in [6, 6.07) is 11.7. The molecule has 2 aromatic rings. The van der Waals surface area contributed by atoms with Gasteiger partial charge >= 0.3 is 5.97 Å². The molecule has 0 saturated carbocycles. The average molecular weight is 324 g/mol. The molecule has 0 spiro atoms. The van der Waals surface area contributed by atoms with Crippen LogP contribution in [0.3, 0.4) is 0 Å². The fourth-order valence-corrected chi connectivity index (χ4v) is 2.73. The van der Waals surface area contributed by atoms with Gasteiger partial charge in [-0.2, -0.15) is 0 Å². The minimum Gasteiger partial charge on any atom is -0.493 e. The van der Waals surface area contributed by atoms with Crippen molar-refractivity contribution < 1.29 is 14.6 Å². The lowest BCUT2D eigenvalue weighted by molar-refractivity contribution is 0.0696. The van der Waals surface area contributed by atoms with Gasteiger partial charge in [0, 0.05) is 21.4 Å². The second kappa shape index (κ2) is 7.24. The van der Waals surface area contributed by atoms with Crippen LogP contribution in [0.15, 0.2) is 47.4 Å². The Morgan fingerprint density at radius 2 is 2.10 bits per heavy atom. The van der Waals surface area contributed by atoms with Gasteiger partial charge in [0.15, 0.2) is 0 Å². The summed E-state index contributed by atoms with van der Waals surface area (Å²) in [5.41, 5.74) is 6.74. The predicted octanol–water partition coefficient (Wildman–Crippen LogP) is 3.79. The summed E-state index contributed by atoms with van der Waals surface area (Å²) in [7, 11) is 0. The molecule has 4 nitrogen and oxygen atoms in total. The Hall–Kier alpha value is -1.85. The van der Waals surface area contributed by atoms with Crippen molar-refractivity contribution in [1.82, 2.24) is 0 Å². The van der Waals surface area contributed by atoms with Crippen LogP contribution in [-0.2, 0) is 0 Å². The number of ether oxygens (including phenoxy) is 1. The van der Waals surface area contributed by atoms with Gasteiger partial charge in [-0.15, -0.1) is 11.8 Å². The molecule has 0 bridgehead atoms. The van der Waals surface area contributed by atoms with Crippen LogP contribution in [0.4, 0.5) is 5.69 Å². The maximum absolute atomic E-state index is 10.9. The molecule has 0 saturated heterocycles. The molecule has 0 fully saturated rings. The third kappa shape index (κ3) is 4.58. The Balaban J connectivity index is 1.86. The highest BCUT2D eigenvalue weighted by Gasteiger charge is 2.04. The fraction of sp³-hybridized carbons (Fsp3) is 0.133. The Bertz CT molecular complexity index is 649. The molecule has 0 heterocycles. The SMILES string of the molecule is Nc1ccc(Cl)cc1SCCOc1cccc(C(=O)O)c1. The smallest absolute Gasteiger partial charge is 0.335 e. The van der Waals surface area contributed by atoms with Crippen LogP contribution in [0.5, 0.6) is 5.75 Å². The summed E-state index contributed by atoms with van der Waals surface area (Å²) in [4.78, 5) is 11.8. The van der Waals surface area contributed by atoms with Crippen molar-refractivity contribution in [3.63, 3.8) is 0 Å². The zero-order valence-electron chi connectivity index (χ0n) is 11.1. The number of halogens is 1. The van der Waals surface area contributed by atoms with Crippen LogP contribution < -0.4 is 10.5 Å². The summed E-state index contributed by atoms with van der Waals surface area (Å²) in [6.07, 6.45) is 0. The molecule has 0 radical (unpaired) electrons. The van der Waals surface area contributed by atoms with E-state index >= 15 is 0 Å². The van der Waals surface area contributed by atoms with Crippen LogP contribution in [-0.4, -0.2) is 23.4 Å². The minimum atomic E-state index is -0.971. The molecule has 110 valence electrons. The highest BCUT2D eigenvalue weighted by Crippen LogP contribution is 2.28. The number of thioether (sulfide) groups is 1. The van der Waals surface area contributed by atoms with Crippen molar-refractivity contribution in [1.29, 1.82) is 0 Å². The lowest BCUT2D eigenvalue weighted by atomic mass is 10.2. The fourth-order valence-electron chi connectivity index (χ4n) is 1.66. The van der Waals surface area contributed by atoms with Gasteiger partial charge in [-0.05, 0) is 36.4 Å².